The second kappa shape index (κ2) is 6.11. The van der Waals surface area contributed by atoms with Crippen LogP contribution < -0.4 is 0 Å². The molecule has 0 aromatic heterocycles. The first-order valence-electron chi connectivity index (χ1n) is 6.52. The second-order valence-electron chi connectivity index (χ2n) is 5.22. The number of likely N-dealkylation sites (tertiary alicyclic amines) is 2. The van der Waals surface area contributed by atoms with E-state index in [1.54, 1.807) is 7.11 Å². The van der Waals surface area contributed by atoms with Gasteiger partial charge in [0.25, 0.3) is 0 Å². The van der Waals surface area contributed by atoms with E-state index in [0.29, 0.717) is 19.6 Å². The van der Waals surface area contributed by atoms with Crippen LogP contribution >= 0.6 is 0 Å². The van der Waals surface area contributed by atoms with E-state index in [-0.39, 0.29) is 12.2 Å². The van der Waals surface area contributed by atoms with E-state index in [1.165, 1.54) is 12.8 Å². The van der Waals surface area contributed by atoms with Crippen LogP contribution in [-0.4, -0.2) is 84.7 Å². The molecule has 2 saturated heterocycles. The first-order chi connectivity index (χ1) is 8.19. The molecule has 5 nitrogen and oxygen atoms in total. The van der Waals surface area contributed by atoms with Gasteiger partial charge in [-0.05, 0) is 25.9 Å². The Morgan fingerprint density at radius 2 is 1.82 bits per heavy atom. The Labute approximate surface area is 103 Å². The van der Waals surface area contributed by atoms with Crippen molar-refractivity contribution in [3.05, 3.63) is 0 Å². The van der Waals surface area contributed by atoms with Gasteiger partial charge in [-0.2, -0.15) is 0 Å². The lowest BCUT2D eigenvalue weighted by Gasteiger charge is -2.23. The Kier molecular flexibility index (Phi) is 4.76. The fraction of sp³-hybridized carbons (Fsp3) is 1.00. The van der Waals surface area contributed by atoms with Gasteiger partial charge in [0, 0.05) is 33.3 Å². The maximum absolute atomic E-state index is 10.0. The highest BCUT2D eigenvalue weighted by atomic mass is 16.5. The number of hydrogen-bond donors (Lipinski definition) is 2. The highest BCUT2D eigenvalue weighted by Gasteiger charge is 2.32. The number of aliphatic hydroxyl groups is 2. The maximum atomic E-state index is 10.0. The summed E-state index contributed by atoms with van der Waals surface area (Å²) in [4.78, 5) is 4.39. The quantitative estimate of drug-likeness (QED) is 0.659. The van der Waals surface area contributed by atoms with Crippen molar-refractivity contribution in [2.45, 2.75) is 31.2 Å². The summed E-state index contributed by atoms with van der Waals surface area (Å²) in [5.74, 6) is 0. The third-order valence-corrected chi connectivity index (χ3v) is 3.75. The molecule has 0 aromatic rings. The minimum absolute atomic E-state index is 0.103. The van der Waals surface area contributed by atoms with Gasteiger partial charge in [0.05, 0.1) is 18.3 Å². The minimum atomic E-state index is -0.418. The molecule has 0 spiro atoms. The Hall–Kier alpha value is -0.200. The van der Waals surface area contributed by atoms with Gasteiger partial charge in [-0.25, -0.2) is 0 Å². The lowest BCUT2D eigenvalue weighted by molar-refractivity contribution is 0.0213. The van der Waals surface area contributed by atoms with Crippen LogP contribution in [0.2, 0.25) is 0 Å². The Morgan fingerprint density at radius 1 is 1.18 bits per heavy atom. The second-order valence-corrected chi connectivity index (χ2v) is 5.22. The molecular formula is C12H24N2O3. The van der Waals surface area contributed by atoms with Gasteiger partial charge in [0.2, 0.25) is 0 Å². The number of hydrogen-bond acceptors (Lipinski definition) is 5. The molecule has 0 aromatic carbocycles. The molecule has 0 bridgehead atoms. The highest BCUT2D eigenvalue weighted by molar-refractivity contribution is 4.86. The van der Waals surface area contributed by atoms with E-state index < -0.39 is 6.10 Å². The summed E-state index contributed by atoms with van der Waals surface area (Å²) in [5, 5.41) is 19.7. The van der Waals surface area contributed by atoms with Gasteiger partial charge in [-0.3, -0.25) is 4.90 Å². The van der Waals surface area contributed by atoms with E-state index in [4.69, 9.17) is 4.74 Å². The lowest BCUT2D eigenvalue weighted by Crippen LogP contribution is -2.39. The van der Waals surface area contributed by atoms with E-state index in [1.807, 2.05) is 0 Å². The molecule has 2 fully saturated rings. The van der Waals surface area contributed by atoms with Crippen LogP contribution in [0.5, 0.6) is 0 Å². The summed E-state index contributed by atoms with van der Waals surface area (Å²) < 4.78 is 5.18. The summed E-state index contributed by atoms with van der Waals surface area (Å²) in [5.41, 5.74) is 0. The molecule has 2 rings (SSSR count). The van der Waals surface area contributed by atoms with Crippen molar-refractivity contribution < 1.29 is 14.9 Å². The van der Waals surface area contributed by atoms with Gasteiger partial charge in [-0.1, -0.05) is 0 Å². The highest BCUT2D eigenvalue weighted by Crippen LogP contribution is 2.14. The number of rotatable bonds is 5. The molecular weight excluding hydrogens is 220 g/mol. The Morgan fingerprint density at radius 3 is 2.41 bits per heavy atom. The summed E-state index contributed by atoms with van der Waals surface area (Å²) in [7, 11) is 1.62. The van der Waals surface area contributed by atoms with Gasteiger partial charge in [0.15, 0.2) is 0 Å². The number of β-amino-alcohol motifs (C(OH)–C–C–N with tert-alkyl or cyclic N) is 2. The van der Waals surface area contributed by atoms with Crippen molar-refractivity contribution in [3.8, 4) is 0 Å². The molecule has 2 heterocycles. The predicted molar refractivity (Wildman–Crippen MR) is 64.9 cm³/mol. The van der Waals surface area contributed by atoms with Gasteiger partial charge >= 0.3 is 0 Å². The molecule has 0 amide bonds. The van der Waals surface area contributed by atoms with Crippen molar-refractivity contribution in [1.29, 1.82) is 0 Å². The summed E-state index contributed by atoms with van der Waals surface area (Å²) in [6.07, 6.45) is 1.66. The summed E-state index contributed by atoms with van der Waals surface area (Å²) in [6.45, 7) is 4.93. The zero-order chi connectivity index (χ0) is 12.3. The van der Waals surface area contributed by atoms with Gasteiger partial charge in [0.1, 0.15) is 0 Å². The van der Waals surface area contributed by atoms with Gasteiger partial charge in [-0.15, -0.1) is 0 Å². The predicted octanol–water partition coefficient (Wildman–Crippen LogP) is -0.865. The third-order valence-electron chi connectivity index (χ3n) is 3.75. The fourth-order valence-corrected chi connectivity index (χ4v) is 2.83. The van der Waals surface area contributed by atoms with Gasteiger partial charge < -0.3 is 19.8 Å². The average Bonchev–Trinajstić information content (AvgIpc) is 2.88. The van der Waals surface area contributed by atoms with E-state index >= 15 is 0 Å². The van der Waals surface area contributed by atoms with Crippen LogP contribution in [0.25, 0.3) is 0 Å². The number of nitrogens with zero attached hydrogens (tertiary/aromatic N) is 2. The average molecular weight is 244 g/mol. The molecule has 0 aliphatic carbocycles. The monoisotopic (exact) mass is 244 g/mol. The largest absolute Gasteiger partial charge is 0.390 e. The van der Waals surface area contributed by atoms with Crippen molar-refractivity contribution in [1.82, 2.24) is 9.80 Å². The maximum Gasteiger partial charge on any atom is 0.0969 e. The van der Waals surface area contributed by atoms with Crippen LogP contribution in [0.4, 0.5) is 0 Å². The number of ether oxygens (including phenoxy) is 1. The molecule has 2 aliphatic heterocycles. The summed E-state index contributed by atoms with van der Waals surface area (Å²) in [6, 6.07) is 0. The fourth-order valence-electron chi connectivity index (χ4n) is 2.83. The van der Waals surface area contributed by atoms with Crippen LogP contribution in [-0.2, 0) is 4.74 Å². The third kappa shape index (κ3) is 3.63. The normalized spacial score (nSPS) is 33.4. The molecule has 0 radical (unpaired) electrons. The molecule has 100 valence electrons. The molecule has 5 heteroatoms. The van der Waals surface area contributed by atoms with Crippen molar-refractivity contribution in [2.24, 2.45) is 0 Å². The van der Waals surface area contributed by atoms with Crippen LogP contribution in [0.15, 0.2) is 0 Å². The zero-order valence-corrected chi connectivity index (χ0v) is 10.6. The molecule has 1 unspecified atom stereocenters. The zero-order valence-electron chi connectivity index (χ0n) is 10.6. The van der Waals surface area contributed by atoms with Crippen LogP contribution in [0, 0.1) is 0 Å². The summed E-state index contributed by atoms with van der Waals surface area (Å²) >= 11 is 0. The van der Waals surface area contributed by atoms with Crippen molar-refractivity contribution in [3.63, 3.8) is 0 Å². The first-order valence-corrected chi connectivity index (χ1v) is 6.52. The van der Waals surface area contributed by atoms with Crippen molar-refractivity contribution >= 4 is 0 Å². The molecule has 0 saturated carbocycles. The molecule has 2 N–H and O–H groups in total. The number of aliphatic hydroxyl groups excluding tert-OH is 2. The minimum Gasteiger partial charge on any atom is -0.390 e. The lowest BCUT2D eigenvalue weighted by atomic mass is 10.3. The van der Waals surface area contributed by atoms with E-state index in [0.717, 1.165) is 19.6 Å². The van der Waals surface area contributed by atoms with E-state index in [2.05, 4.69) is 9.80 Å². The van der Waals surface area contributed by atoms with E-state index in [9.17, 15) is 10.2 Å². The SMILES string of the molecule is CO[C@@H]1CN(CC(O)CN2CCCC2)C[C@H]1O. The standard InChI is InChI=1S/C12H24N2O3/c1-17-12-9-14(8-11(12)16)7-10(15)6-13-4-2-3-5-13/h10-12,15-16H,2-9H2,1H3/t10?,11-,12-/m1/s1. The first kappa shape index (κ1) is 13.2. The van der Waals surface area contributed by atoms with Crippen LogP contribution in [0.3, 0.4) is 0 Å². The Balaban J connectivity index is 1.69. The Bertz CT molecular complexity index is 234. The number of methoxy groups -OCH3 is 1. The topological polar surface area (TPSA) is 56.2 Å². The molecule has 2 aliphatic rings. The van der Waals surface area contributed by atoms with Crippen LogP contribution in [0.1, 0.15) is 12.8 Å². The van der Waals surface area contributed by atoms with Crippen molar-refractivity contribution in [2.75, 3.05) is 46.4 Å². The molecule has 17 heavy (non-hydrogen) atoms. The molecule has 3 atom stereocenters. The smallest absolute Gasteiger partial charge is 0.0969 e.